The van der Waals surface area contributed by atoms with Crippen LogP contribution in [0.15, 0.2) is 66.7 Å². The Kier molecular flexibility index (Phi) is 7.76. The van der Waals surface area contributed by atoms with Crippen molar-refractivity contribution in [1.82, 2.24) is 9.88 Å². The van der Waals surface area contributed by atoms with Crippen molar-refractivity contribution in [3.8, 4) is 0 Å². The molecule has 1 aromatic heterocycles. The van der Waals surface area contributed by atoms with E-state index >= 15 is 0 Å². The van der Waals surface area contributed by atoms with E-state index in [4.69, 9.17) is 4.98 Å². The highest BCUT2D eigenvalue weighted by Gasteiger charge is 2.22. The van der Waals surface area contributed by atoms with Crippen LogP contribution in [0.3, 0.4) is 0 Å². The molecule has 0 unspecified atom stereocenters. The maximum Gasteiger partial charge on any atom is 0.260 e. The number of thiazole rings is 1. The number of rotatable bonds is 9. The number of likely N-dealkylation sites (N-methyl/N-ethyl adjacent to an activating group) is 1. The number of anilines is 1. The molecule has 3 aromatic carbocycles. The third-order valence-electron chi connectivity index (χ3n) is 6.45. The Morgan fingerprint density at radius 3 is 2.18 bits per heavy atom. The molecule has 4 rings (SSSR count). The second-order valence-corrected chi connectivity index (χ2v) is 9.75. The smallest absolute Gasteiger partial charge is 0.260 e. The molecule has 4 aromatic rings. The topological polar surface area (TPSA) is 36.4 Å². The standard InChI is InChI=1S/C29H33N3OS/c1-5-31(6-2)16-17-32(29-30-26-18-21(3)22(4)19-27(26)34-29)28(33)25-14-12-24(13-15-25)20-23-10-8-7-9-11-23/h7-15,18-19H,5-6,16-17,20H2,1-4H3. The molecule has 176 valence electrons. The minimum Gasteiger partial charge on any atom is -0.302 e. The highest BCUT2D eigenvalue weighted by molar-refractivity contribution is 7.22. The van der Waals surface area contributed by atoms with Gasteiger partial charge in [-0.05, 0) is 79.9 Å². The van der Waals surface area contributed by atoms with E-state index in [1.807, 2.05) is 23.1 Å². The molecular weight excluding hydrogens is 438 g/mol. The Bertz CT molecular complexity index is 1200. The molecule has 0 saturated carbocycles. The van der Waals surface area contributed by atoms with Crippen LogP contribution in [0.25, 0.3) is 10.2 Å². The van der Waals surface area contributed by atoms with Crippen LogP contribution in [0.1, 0.15) is 46.5 Å². The van der Waals surface area contributed by atoms with Gasteiger partial charge in [0.1, 0.15) is 0 Å². The summed E-state index contributed by atoms with van der Waals surface area (Å²) in [5.41, 5.74) is 6.59. The average molecular weight is 472 g/mol. The van der Waals surface area contributed by atoms with E-state index < -0.39 is 0 Å². The first-order chi connectivity index (χ1) is 16.5. The van der Waals surface area contributed by atoms with Gasteiger partial charge in [-0.15, -0.1) is 0 Å². The van der Waals surface area contributed by atoms with Crippen LogP contribution in [0.4, 0.5) is 5.13 Å². The van der Waals surface area contributed by atoms with Crippen LogP contribution in [0.2, 0.25) is 0 Å². The normalized spacial score (nSPS) is 11.3. The van der Waals surface area contributed by atoms with Crippen LogP contribution in [-0.4, -0.2) is 42.0 Å². The molecular formula is C29H33N3OS. The van der Waals surface area contributed by atoms with E-state index in [-0.39, 0.29) is 5.91 Å². The van der Waals surface area contributed by atoms with Gasteiger partial charge >= 0.3 is 0 Å². The lowest BCUT2D eigenvalue weighted by molar-refractivity contribution is 0.0984. The SMILES string of the molecule is CCN(CC)CCN(C(=O)c1ccc(Cc2ccccc2)cc1)c1nc2cc(C)c(C)cc2s1. The van der Waals surface area contributed by atoms with Crippen LogP contribution < -0.4 is 4.90 Å². The molecule has 0 fully saturated rings. The van der Waals surface area contributed by atoms with Crippen molar-refractivity contribution in [2.75, 3.05) is 31.1 Å². The molecule has 5 heteroatoms. The van der Waals surface area contributed by atoms with Crippen molar-refractivity contribution in [1.29, 1.82) is 0 Å². The summed E-state index contributed by atoms with van der Waals surface area (Å²) in [5.74, 6) is 0.00548. The summed E-state index contributed by atoms with van der Waals surface area (Å²) in [6.07, 6.45) is 0.859. The fourth-order valence-electron chi connectivity index (χ4n) is 4.10. The molecule has 0 atom stereocenters. The Labute approximate surface area is 206 Å². The number of nitrogens with zero attached hydrogens (tertiary/aromatic N) is 3. The van der Waals surface area contributed by atoms with E-state index in [1.54, 1.807) is 11.3 Å². The minimum absolute atomic E-state index is 0.00548. The van der Waals surface area contributed by atoms with Gasteiger partial charge < -0.3 is 4.90 Å². The zero-order valence-electron chi connectivity index (χ0n) is 20.5. The van der Waals surface area contributed by atoms with E-state index in [2.05, 4.69) is 81.1 Å². The Morgan fingerprint density at radius 2 is 1.50 bits per heavy atom. The number of fused-ring (bicyclic) bond motifs is 1. The van der Waals surface area contributed by atoms with Crippen molar-refractivity contribution in [2.45, 2.75) is 34.1 Å². The number of aryl methyl sites for hydroxylation is 2. The minimum atomic E-state index is 0.00548. The molecule has 1 heterocycles. The van der Waals surface area contributed by atoms with Gasteiger partial charge in [0.15, 0.2) is 5.13 Å². The van der Waals surface area contributed by atoms with Crippen molar-refractivity contribution in [2.24, 2.45) is 0 Å². The lowest BCUT2D eigenvalue weighted by Gasteiger charge is -2.24. The molecule has 0 aliphatic rings. The highest BCUT2D eigenvalue weighted by Crippen LogP contribution is 2.31. The predicted octanol–water partition coefficient (Wildman–Crippen LogP) is 6.49. The number of aromatic nitrogens is 1. The summed E-state index contributed by atoms with van der Waals surface area (Å²) in [6, 6.07) is 22.7. The van der Waals surface area contributed by atoms with Gasteiger partial charge in [-0.25, -0.2) is 4.98 Å². The number of amides is 1. The molecule has 34 heavy (non-hydrogen) atoms. The highest BCUT2D eigenvalue weighted by atomic mass is 32.1. The first kappa shape index (κ1) is 24.1. The largest absolute Gasteiger partial charge is 0.302 e. The summed E-state index contributed by atoms with van der Waals surface area (Å²) in [5, 5.41) is 0.769. The molecule has 0 spiro atoms. The zero-order valence-corrected chi connectivity index (χ0v) is 21.4. The third-order valence-corrected chi connectivity index (χ3v) is 7.50. The monoisotopic (exact) mass is 471 g/mol. The quantitative estimate of drug-likeness (QED) is 0.280. The molecule has 0 radical (unpaired) electrons. The third kappa shape index (κ3) is 5.54. The second-order valence-electron chi connectivity index (χ2n) is 8.74. The van der Waals surface area contributed by atoms with Gasteiger partial charge in [-0.2, -0.15) is 0 Å². The fourth-order valence-corrected chi connectivity index (χ4v) is 5.17. The molecule has 1 amide bonds. The number of hydrogen-bond acceptors (Lipinski definition) is 4. The molecule has 0 aliphatic heterocycles. The van der Waals surface area contributed by atoms with Gasteiger partial charge in [0.25, 0.3) is 5.91 Å². The van der Waals surface area contributed by atoms with Gasteiger partial charge in [-0.1, -0.05) is 67.6 Å². The van der Waals surface area contributed by atoms with Gasteiger partial charge in [0.05, 0.1) is 10.2 Å². The van der Waals surface area contributed by atoms with Crippen molar-refractivity contribution in [3.05, 3.63) is 94.5 Å². The first-order valence-corrected chi connectivity index (χ1v) is 12.8. The molecule has 0 saturated heterocycles. The second kappa shape index (κ2) is 10.9. The van der Waals surface area contributed by atoms with Crippen molar-refractivity contribution in [3.63, 3.8) is 0 Å². The van der Waals surface area contributed by atoms with Crippen LogP contribution in [0, 0.1) is 13.8 Å². The molecule has 4 nitrogen and oxygen atoms in total. The summed E-state index contributed by atoms with van der Waals surface area (Å²) in [7, 11) is 0. The van der Waals surface area contributed by atoms with Crippen LogP contribution in [-0.2, 0) is 6.42 Å². The van der Waals surface area contributed by atoms with E-state index in [1.165, 1.54) is 22.3 Å². The maximum atomic E-state index is 13.7. The first-order valence-electron chi connectivity index (χ1n) is 12.0. The molecule has 0 N–H and O–H groups in total. The van der Waals surface area contributed by atoms with Gasteiger partial charge in [0.2, 0.25) is 0 Å². The van der Waals surface area contributed by atoms with E-state index in [0.29, 0.717) is 12.1 Å². The lowest BCUT2D eigenvalue weighted by atomic mass is 10.0. The van der Waals surface area contributed by atoms with Gasteiger partial charge in [-0.3, -0.25) is 9.69 Å². The predicted molar refractivity (Wildman–Crippen MR) is 144 cm³/mol. The number of carbonyl (C=O) groups excluding carboxylic acids is 1. The van der Waals surface area contributed by atoms with Gasteiger partial charge in [0, 0.05) is 18.7 Å². The lowest BCUT2D eigenvalue weighted by Crippen LogP contribution is -2.38. The van der Waals surface area contributed by atoms with Crippen molar-refractivity contribution >= 4 is 32.6 Å². The molecule has 0 aliphatic carbocycles. The summed E-state index contributed by atoms with van der Waals surface area (Å²) in [6.45, 7) is 11.9. The Morgan fingerprint density at radius 1 is 0.853 bits per heavy atom. The average Bonchev–Trinajstić information content (AvgIpc) is 3.25. The fraction of sp³-hybridized carbons (Fsp3) is 0.310. The van der Waals surface area contributed by atoms with E-state index in [0.717, 1.165) is 41.4 Å². The van der Waals surface area contributed by atoms with E-state index in [9.17, 15) is 4.79 Å². The maximum absolute atomic E-state index is 13.7. The summed E-state index contributed by atoms with van der Waals surface area (Å²) >= 11 is 1.60. The Balaban J connectivity index is 1.61. The summed E-state index contributed by atoms with van der Waals surface area (Å²) in [4.78, 5) is 22.8. The van der Waals surface area contributed by atoms with Crippen molar-refractivity contribution < 1.29 is 4.79 Å². The van der Waals surface area contributed by atoms with Crippen LogP contribution in [0.5, 0.6) is 0 Å². The van der Waals surface area contributed by atoms with Crippen LogP contribution >= 0.6 is 11.3 Å². The number of benzene rings is 3. The number of hydrogen-bond donors (Lipinski definition) is 0. The number of carbonyl (C=O) groups is 1. The zero-order chi connectivity index (χ0) is 24.1. The summed E-state index contributed by atoms with van der Waals surface area (Å²) < 4.78 is 1.12. The Hall–Kier alpha value is -3.02. The molecule has 0 bridgehead atoms.